The van der Waals surface area contributed by atoms with Crippen LogP contribution in [0.1, 0.15) is 0 Å². The van der Waals surface area contributed by atoms with Crippen LogP contribution in [-0.2, 0) is 7.48 Å². The molecular weight excluding hydrogens is 352 g/mol. The maximum atomic E-state index is 10.9. The summed E-state index contributed by atoms with van der Waals surface area (Å²) in [6, 6.07) is 9.09. The number of benzene rings is 1. The van der Waals surface area contributed by atoms with Gasteiger partial charge in [-0.2, -0.15) is 0 Å². The van der Waals surface area contributed by atoms with Gasteiger partial charge in [-0.15, -0.1) is 0 Å². The number of hydrogen-bond acceptors (Lipinski definition) is 3. The van der Waals surface area contributed by atoms with Crippen molar-refractivity contribution in [3.8, 4) is 0 Å². The van der Waals surface area contributed by atoms with Gasteiger partial charge in [0.05, 0.1) is 0 Å². The average molecular weight is 367 g/mol. The Hall–Kier alpha value is -0.513. The Kier molecular flexibility index (Phi) is 6.83. The average Bonchev–Trinajstić information content (AvgIpc) is 2.13. The molecule has 96 valence electrons. The second-order valence-corrected chi connectivity index (χ2v) is 11.3. The zero-order valence-electron chi connectivity index (χ0n) is 9.46. The summed E-state index contributed by atoms with van der Waals surface area (Å²) in [5, 5.41) is 1.15. The SMILES string of the molecule is C[As](=O)(O)C=Nc1ccccc1.C[As](=O)(O)O. The summed E-state index contributed by atoms with van der Waals surface area (Å²) in [5.74, 6) is 0. The molecule has 0 aliphatic carbocycles. The molecule has 0 amide bonds. The van der Waals surface area contributed by atoms with Gasteiger partial charge in [-0.05, 0) is 0 Å². The molecule has 0 fully saturated rings. The second kappa shape index (κ2) is 7.04. The summed E-state index contributed by atoms with van der Waals surface area (Å²) in [4.78, 5) is 3.87. The van der Waals surface area contributed by atoms with Crippen molar-refractivity contribution < 1.29 is 19.8 Å². The minimum atomic E-state index is -4.12. The third-order valence-corrected chi connectivity index (χ3v) is 2.32. The van der Waals surface area contributed by atoms with Crippen LogP contribution < -0.4 is 0 Å². The predicted octanol–water partition coefficient (Wildman–Crippen LogP) is 0.393. The molecule has 0 spiro atoms. The summed E-state index contributed by atoms with van der Waals surface area (Å²) in [6.45, 7) is 0. The van der Waals surface area contributed by atoms with Crippen LogP contribution in [0.15, 0.2) is 35.3 Å². The Labute approximate surface area is 105 Å². The summed E-state index contributed by atoms with van der Waals surface area (Å²) < 4.78 is 44.6. The molecule has 0 bridgehead atoms. The molecule has 0 radical (unpaired) electrons. The van der Waals surface area contributed by atoms with E-state index in [1.807, 2.05) is 18.2 Å². The molecule has 1 aromatic carbocycles. The van der Waals surface area contributed by atoms with E-state index in [0.29, 0.717) is 5.69 Å². The van der Waals surface area contributed by atoms with Crippen molar-refractivity contribution in [2.24, 2.45) is 4.99 Å². The molecule has 0 aromatic heterocycles. The Morgan fingerprint density at radius 2 is 1.47 bits per heavy atom. The molecule has 1 aromatic rings. The van der Waals surface area contributed by atoms with Crippen LogP contribution >= 0.6 is 0 Å². The fourth-order valence-corrected chi connectivity index (χ4v) is 1.42. The fourth-order valence-electron chi connectivity index (χ4n) is 0.688. The standard InChI is InChI=1S/C8H10AsNO2.CH5AsO3/c1-9(11,12)7-10-8-5-3-2-4-6-8;1-2(3,4)5/h2-7H,1H3,(H,11,12);1H3,(H2,3,4,5). The molecule has 0 aliphatic heterocycles. The first-order valence-corrected chi connectivity index (χ1v) is 13.4. The van der Waals surface area contributed by atoms with Crippen LogP contribution in [0.3, 0.4) is 0 Å². The third kappa shape index (κ3) is 15.5. The van der Waals surface area contributed by atoms with E-state index in [4.69, 9.17) is 12.3 Å². The van der Waals surface area contributed by atoms with Gasteiger partial charge >= 0.3 is 105 Å². The van der Waals surface area contributed by atoms with Gasteiger partial charge in [-0.25, -0.2) is 0 Å². The van der Waals surface area contributed by atoms with Crippen molar-refractivity contribution in [3.63, 3.8) is 0 Å². The Balaban J connectivity index is 0.000000437. The van der Waals surface area contributed by atoms with E-state index in [9.17, 15) is 7.48 Å². The van der Waals surface area contributed by atoms with Crippen LogP contribution in [-0.4, -0.2) is 45.3 Å². The van der Waals surface area contributed by atoms with Crippen molar-refractivity contribution >= 4 is 38.7 Å². The minimum absolute atomic E-state index is 0.704. The van der Waals surface area contributed by atoms with Crippen LogP contribution in [0.25, 0.3) is 0 Å². The van der Waals surface area contributed by atoms with Crippen molar-refractivity contribution in [2.75, 3.05) is 0 Å². The van der Waals surface area contributed by atoms with Gasteiger partial charge in [-0.1, -0.05) is 0 Å². The van der Waals surface area contributed by atoms with Gasteiger partial charge in [0, 0.05) is 0 Å². The number of aliphatic imine (C=N–C) groups is 1. The zero-order chi connectivity index (χ0) is 13.5. The van der Waals surface area contributed by atoms with E-state index in [1.165, 1.54) is 5.71 Å². The Bertz CT molecular complexity index is 439. The molecule has 1 atom stereocenters. The van der Waals surface area contributed by atoms with Gasteiger partial charge in [0.2, 0.25) is 0 Å². The first-order chi connectivity index (χ1) is 7.58. The summed E-state index contributed by atoms with van der Waals surface area (Å²) in [6.07, 6.45) is 0. The van der Waals surface area contributed by atoms with E-state index in [1.54, 1.807) is 12.1 Å². The molecule has 0 saturated carbocycles. The molecule has 1 rings (SSSR count). The molecule has 8 heteroatoms. The van der Waals surface area contributed by atoms with E-state index >= 15 is 0 Å². The summed E-state index contributed by atoms with van der Waals surface area (Å²) in [7, 11) is 0. The monoisotopic (exact) mass is 367 g/mol. The maximum absolute atomic E-state index is 10.9. The molecular formula is C9H15As2NO5. The quantitative estimate of drug-likeness (QED) is 0.518. The van der Waals surface area contributed by atoms with Crippen LogP contribution in [0.4, 0.5) is 5.69 Å². The van der Waals surface area contributed by atoms with Gasteiger partial charge in [0.25, 0.3) is 0 Å². The first kappa shape index (κ1) is 16.5. The molecule has 17 heavy (non-hydrogen) atoms. The topological polar surface area (TPSA) is 107 Å². The number of rotatable bonds is 2. The first-order valence-electron chi connectivity index (χ1n) is 4.51. The van der Waals surface area contributed by atoms with E-state index in [-0.39, 0.29) is 0 Å². The molecule has 3 N–H and O–H groups in total. The molecule has 0 heterocycles. The number of nitrogens with zero attached hydrogens (tertiary/aromatic N) is 1. The van der Waals surface area contributed by atoms with Crippen molar-refractivity contribution in [3.05, 3.63) is 30.3 Å². The van der Waals surface area contributed by atoms with Gasteiger partial charge < -0.3 is 0 Å². The summed E-state index contributed by atoms with van der Waals surface area (Å²) in [5.41, 5.74) is 2.93. The fraction of sp³-hybridized carbons (Fsp3) is 0.222. The Morgan fingerprint density at radius 3 is 1.82 bits per heavy atom. The second-order valence-electron chi connectivity index (χ2n) is 3.36. The van der Waals surface area contributed by atoms with E-state index < -0.39 is 28.0 Å². The molecule has 6 nitrogen and oxygen atoms in total. The normalized spacial score (nSPS) is 14.9. The van der Waals surface area contributed by atoms with Gasteiger partial charge in [0.1, 0.15) is 0 Å². The van der Waals surface area contributed by atoms with Crippen molar-refractivity contribution in [2.45, 2.75) is 11.4 Å². The van der Waals surface area contributed by atoms with Crippen LogP contribution in [0, 0.1) is 0 Å². The summed E-state index contributed by atoms with van der Waals surface area (Å²) >= 11 is -7.81. The van der Waals surface area contributed by atoms with E-state index in [2.05, 4.69) is 4.99 Å². The van der Waals surface area contributed by atoms with Gasteiger partial charge in [0.15, 0.2) is 0 Å². The number of para-hydroxylation sites is 1. The Morgan fingerprint density at radius 1 is 1.06 bits per heavy atom. The molecule has 0 saturated heterocycles. The number of hydrogen-bond donors (Lipinski definition) is 3. The van der Waals surface area contributed by atoms with Crippen molar-refractivity contribution in [1.82, 2.24) is 0 Å². The van der Waals surface area contributed by atoms with Crippen molar-refractivity contribution in [1.29, 1.82) is 0 Å². The third-order valence-electron chi connectivity index (χ3n) is 1.18. The zero-order valence-corrected chi connectivity index (χ0v) is 13.2. The van der Waals surface area contributed by atoms with Crippen LogP contribution in [0.2, 0.25) is 11.4 Å². The predicted molar refractivity (Wildman–Crippen MR) is 65.9 cm³/mol. The van der Waals surface area contributed by atoms with Gasteiger partial charge in [-0.3, -0.25) is 0 Å². The molecule has 1 unspecified atom stereocenters. The molecule has 0 aliphatic rings. The van der Waals surface area contributed by atoms with E-state index in [0.717, 1.165) is 10.7 Å². The van der Waals surface area contributed by atoms with Crippen LogP contribution in [0.5, 0.6) is 0 Å².